The molecule has 0 aliphatic heterocycles. The van der Waals surface area contributed by atoms with Crippen molar-refractivity contribution < 1.29 is 4.79 Å². The molecule has 13 heavy (non-hydrogen) atoms. The summed E-state index contributed by atoms with van der Waals surface area (Å²) in [5.74, 6) is 0.583. The number of carbonyl (C=O) groups excluding carboxylic acids is 1. The Hall–Kier alpha value is -0.590. The van der Waals surface area contributed by atoms with Crippen LogP contribution in [0.1, 0.15) is 46.5 Å². The Morgan fingerprint density at radius 1 is 1.54 bits per heavy atom. The lowest BCUT2D eigenvalue weighted by Gasteiger charge is -2.24. The van der Waals surface area contributed by atoms with Crippen LogP contribution in [-0.4, -0.2) is 6.29 Å². The third kappa shape index (κ3) is 2.43. The lowest BCUT2D eigenvalue weighted by Crippen LogP contribution is -2.22. The van der Waals surface area contributed by atoms with Crippen LogP contribution < -0.4 is 0 Å². The number of hydrogen-bond donors (Lipinski definition) is 0. The van der Waals surface area contributed by atoms with E-state index in [0.717, 1.165) is 12.8 Å². The highest BCUT2D eigenvalue weighted by Crippen LogP contribution is 2.43. The summed E-state index contributed by atoms with van der Waals surface area (Å²) in [5.41, 5.74) is 1.33. The van der Waals surface area contributed by atoms with Crippen LogP contribution in [0.4, 0.5) is 0 Å². The molecule has 0 unspecified atom stereocenters. The molecule has 0 aromatic heterocycles. The Morgan fingerprint density at radius 3 is 2.77 bits per heavy atom. The Balaban J connectivity index is 2.59. The number of aldehydes is 1. The van der Waals surface area contributed by atoms with Gasteiger partial charge in [0.1, 0.15) is 6.29 Å². The van der Waals surface area contributed by atoms with E-state index in [1.807, 2.05) is 0 Å². The van der Waals surface area contributed by atoms with E-state index in [1.165, 1.54) is 24.7 Å². The summed E-state index contributed by atoms with van der Waals surface area (Å²) in [6.07, 6.45) is 8.03. The Bertz CT molecular complexity index is 213. The Kier molecular flexibility index (Phi) is 3.29. The summed E-state index contributed by atoms with van der Waals surface area (Å²) >= 11 is 0. The lowest BCUT2D eigenvalue weighted by molar-refractivity contribution is -0.117. The molecule has 0 bridgehead atoms. The van der Waals surface area contributed by atoms with E-state index in [0.29, 0.717) is 5.92 Å². The molecule has 1 aliphatic rings. The SMILES string of the molecule is CC(C)=CC[C@@H]1CCC[C@@]1(C)C=O. The van der Waals surface area contributed by atoms with E-state index in [4.69, 9.17) is 0 Å². The molecule has 0 N–H and O–H groups in total. The Morgan fingerprint density at radius 2 is 2.23 bits per heavy atom. The average Bonchev–Trinajstić information content (AvgIpc) is 2.44. The molecule has 1 rings (SSSR count). The van der Waals surface area contributed by atoms with Gasteiger partial charge in [-0.25, -0.2) is 0 Å². The topological polar surface area (TPSA) is 17.1 Å². The van der Waals surface area contributed by atoms with Gasteiger partial charge in [0.2, 0.25) is 0 Å². The van der Waals surface area contributed by atoms with Crippen LogP contribution in [-0.2, 0) is 4.79 Å². The number of carbonyl (C=O) groups is 1. The van der Waals surface area contributed by atoms with Crippen molar-refractivity contribution in [2.24, 2.45) is 11.3 Å². The van der Waals surface area contributed by atoms with Crippen LogP contribution in [0.3, 0.4) is 0 Å². The van der Waals surface area contributed by atoms with Crippen LogP contribution in [0, 0.1) is 11.3 Å². The summed E-state index contributed by atoms with van der Waals surface area (Å²) < 4.78 is 0. The second-order valence-electron chi connectivity index (χ2n) is 4.73. The summed E-state index contributed by atoms with van der Waals surface area (Å²) in [6.45, 7) is 6.34. The van der Waals surface area contributed by atoms with Crippen molar-refractivity contribution in [3.05, 3.63) is 11.6 Å². The van der Waals surface area contributed by atoms with Gasteiger partial charge in [-0.1, -0.05) is 25.0 Å². The van der Waals surface area contributed by atoms with E-state index in [2.05, 4.69) is 26.8 Å². The van der Waals surface area contributed by atoms with Gasteiger partial charge in [0.15, 0.2) is 0 Å². The normalized spacial score (nSPS) is 33.0. The molecule has 1 nitrogen and oxygen atoms in total. The standard InChI is InChI=1S/C12H20O/c1-10(2)6-7-11-5-4-8-12(11,3)9-13/h6,9,11H,4-5,7-8H2,1-3H3/t11-,12-/m0/s1. The number of rotatable bonds is 3. The molecule has 0 aromatic rings. The van der Waals surface area contributed by atoms with Crippen molar-refractivity contribution in [2.45, 2.75) is 46.5 Å². The second-order valence-corrected chi connectivity index (χ2v) is 4.73. The smallest absolute Gasteiger partial charge is 0.126 e. The van der Waals surface area contributed by atoms with Crippen molar-refractivity contribution in [1.82, 2.24) is 0 Å². The molecule has 74 valence electrons. The first kappa shape index (κ1) is 10.5. The molecule has 1 aliphatic carbocycles. The first-order chi connectivity index (χ1) is 6.08. The molecular formula is C12H20O. The molecule has 1 heteroatoms. The van der Waals surface area contributed by atoms with Crippen LogP contribution in [0.5, 0.6) is 0 Å². The summed E-state index contributed by atoms with van der Waals surface area (Å²) in [5, 5.41) is 0. The summed E-state index contributed by atoms with van der Waals surface area (Å²) in [6, 6.07) is 0. The van der Waals surface area contributed by atoms with Crippen LogP contribution in [0.15, 0.2) is 11.6 Å². The molecule has 1 saturated carbocycles. The first-order valence-electron chi connectivity index (χ1n) is 5.18. The molecule has 0 saturated heterocycles. The molecule has 0 spiro atoms. The minimum Gasteiger partial charge on any atom is -0.303 e. The zero-order chi connectivity index (χ0) is 9.90. The van der Waals surface area contributed by atoms with E-state index in [1.54, 1.807) is 0 Å². The molecule has 0 heterocycles. The quantitative estimate of drug-likeness (QED) is 0.481. The molecule has 2 atom stereocenters. The highest BCUT2D eigenvalue weighted by Gasteiger charge is 2.37. The highest BCUT2D eigenvalue weighted by atomic mass is 16.1. The maximum Gasteiger partial charge on any atom is 0.126 e. The third-order valence-electron chi connectivity index (χ3n) is 3.28. The highest BCUT2D eigenvalue weighted by molar-refractivity contribution is 5.59. The predicted molar refractivity (Wildman–Crippen MR) is 55.6 cm³/mol. The number of allylic oxidation sites excluding steroid dienone is 2. The zero-order valence-corrected chi connectivity index (χ0v) is 8.97. The zero-order valence-electron chi connectivity index (χ0n) is 8.97. The number of hydrogen-bond acceptors (Lipinski definition) is 1. The maximum absolute atomic E-state index is 11.0. The van der Waals surface area contributed by atoms with E-state index in [9.17, 15) is 4.79 Å². The Labute approximate surface area is 81.2 Å². The molecule has 0 amide bonds. The van der Waals surface area contributed by atoms with Gasteiger partial charge in [0.25, 0.3) is 0 Å². The molecule has 0 aromatic carbocycles. The molecule has 1 fully saturated rings. The van der Waals surface area contributed by atoms with Crippen molar-refractivity contribution >= 4 is 6.29 Å². The minimum atomic E-state index is -0.0358. The largest absolute Gasteiger partial charge is 0.303 e. The fourth-order valence-electron chi connectivity index (χ4n) is 2.18. The van der Waals surface area contributed by atoms with Crippen molar-refractivity contribution in [3.8, 4) is 0 Å². The van der Waals surface area contributed by atoms with Gasteiger partial charge >= 0.3 is 0 Å². The van der Waals surface area contributed by atoms with Gasteiger partial charge in [-0.15, -0.1) is 0 Å². The molecular weight excluding hydrogens is 160 g/mol. The van der Waals surface area contributed by atoms with Gasteiger partial charge in [-0.2, -0.15) is 0 Å². The van der Waals surface area contributed by atoms with E-state index < -0.39 is 0 Å². The summed E-state index contributed by atoms with van der Waals surface area (Å²) in [7, 11) is 0. The second kappa shape index (κ2) is 4.08. The van der Waals surface area contributed by atoms with Crippen molar-refractivity contribution in [3.63, 3.8) is 0 Å². The fraction of sp³-hybridized carbons (Fsp3) is 0.750. The van der Waals surface area contributed by atoms with Crippen LogP contribution in [0.25, 0.3) is 0 Å². The van der Waals surface area contributed by atoms with Gasteiger partial charge in [0.05, 0.1) is 0 Å². The minimum absolute atomic E-state index is 0.0358. The predicted octanol–water partition coefficient (Wildman–Crippen LogP) is 3.35. The lowest BCUT2D eigenvalue weighted by atomic mass is 9.79. The van der Waals surface area contributed by atoms with Crippen LogP contribution >= 0.6 is 0 Å². The van der Waals surface area contributed by atoms with Gasteiger partial charge in [-0.3, -0.25) is 0 Å². The first-order valence-corrected chi connectivity index (χ1v) is 5.18. The van der Waals surface area contributed by atoms with Crippen molar-refractivity contribution in [2.75, 3.05) is 0 Å². The van der Waals surface area contributed by atoms with E-state index in [-0.39, 0.29) is 5.41 Å². The van der Waals surface area contributed by atoms with Crippen LogP contribution in [0.2, 0.25) is 0 Å². The van der Waals surface area contributed by atoms with Gasteiger partial charge in [-0.05, 0) is 39.0 Å². The van der Waals surface area contributed by atoms with Gasteiger partial charge in [0, 0.05) is 5.41 Å². The summed E-state index contributed by atoms with van der Waals surface area (Å²) in [4.78, 5) is 11.0. The van der Waals surface area contributed by atoms with E-state index >= 15 is 0 Å². The fourth-order valence-corrected chi connectivity index (χ4v) is 2.18. The monoisotopic (exact) mass is 180 g/mol. The third-order valence-corrected chi connectivity index (χ3v) is 3.28. The van der Waals surface area contributed by atoms with Crippen molar-refractivity contribution in [1.29, 1.82) is 0 Å². The maximum atomic E-state index is 11.0. The van der Waals surface area contributed by atoms with Gasteiger partial charge < -0.3 is 4.79 Å². The molecule has 0 radical (unpaired) electrons. The average molecular weight is 180 g/mol.